The van der Waals surface area contributed by atoms with Crippen molar-refractivity contribution < 1.29 is 22.7 Å². The Kier molecular flexibility index (Phi) is 12.6. The van der Waals surface area contributed by atoms with Gasteiger partial charge in [0.2, 0.25) is 0 Å². The molecule has 0 fully saturated rings. The average molecular weight is 592 g/mol. The first-order chi connectivity index (χ1) is 21.1. The number of ketones is 1. The van der Waals surface area contributed by atoms with E-state index in [0.717, 1.165) is 23.3 Å². The van der Waals surface area contributed by atoms with Crippen molar-refractivity contribution in [1.82, 2.24) is 0 Å². The molecule has 9 nitrogen and oxygen atoms in total. The summed E-state index contributed by atoms with van der Waals surface area (Å²) in [4.78, 5) is 15.3. The van der Waals surface area contributed by atoms with Crippen LogP contribution in [0.15, 0.2) is 88.9 Å². The van der Waals surface area contributed by atoms with Gasteiger partial charge in [-0.05, 0) is 66.2 Å². The van der Waals surface area contributed by atoms with Crippen LogP contribution in [0.4, 0.5) is 13.2 Å². The molecule has 3 aromatic rings. The fraction of sp³-hybridized carbons (Fsp3) is 0.0938. The fourth-order valence-corrected chi connectivity index (χ4v) is 3.51. The summed E-state index contributed by atoms with van der Waals surface area (Å²) in [5.41, 5.74) is 8.01. The van der Waals surface area contributed by atoms with Gasteiger partial charge in [-0.25, -0.2) is 13.2 Å². The maximum Gasteiger partial charge on any atom is 0.195 e. The maximum absolute atomic E-state index is 12.7. The van der Waals surface area contributed by atoms with Crippen LogP contribution >= 0.6 is 0 Å². The average Bonchev–Trinajstić information content (AvgIpc) is 3.42. The van der Waals surface area contributed by atoms with Crippen LogP contribution < -0.4 is 5.73 Å². The summed E-state index contributed by atoms with van der Waals surface area (Å²) < 4.78 is 42.7. The highest BCUT2D eigenvalue weighted by Crippen LogP contribution is 2.24. The van der Waals surface area contributed by atoms with E-state index in [0.29, 0.717) is 17.7 Å². The van der Waals surface area contributed by atoms with Crippen LogP contribution in [0, 0.1) is 80.0 Å². The first kappa shape index (κ1) is 33.5. The molecule has 1 heterocycles. The van der Waals surface area contributed by atoms with E-state index in [1.807, 2.05) is 6.07 Å². The second-order valence-corrected chi connectivity index (χ2v) is 8.37. The van der Waals surface area contributed by atoms with Gasteiger partial charge in [0, 0.05) is 16.7 Å². The Bertz CT molecular complexity index is 1780. The monoisotopic (exact) mass is 591 g/mol. The summed E-state index contributed by atoms with van der Waals surface area (Å²) in [7, 11) is 1.35. The Morgan fingerprint density at radius 3 is 1.66 bits per heavy atom. The van der Waals surface area contributed by atoms with E-state index in [9.17, 15) is 18.0 Å². The Morgan fingerprint density at radius 1 is 0.795 bits per heavy atom. The van der Waals surface area contributed by atoms with E-state index in [1.165, 1.54) is 55.6 Å². The molecule has 0 radical (unpaired) electrons. The summed E-state index contributed by atoms with van der Waals surface area (Å²) in [6.07, 6.45) is 0. The van der Waals surface area contributed by atoms with E-state index in [-0.39, 0.29) is 34.4 Å². The number of ether oxygens (including phenoxy) is 1. The first-order valence-electron chi connectivity index (χ1n) is 12.3. The van der Waals surface area contributed by atoms with Gasteiger partial charge in [-0.3, -0.25) is 9.79 Å². The highest BCUT2D eigenvalue weighted by atomic mass is 19.1. The number of nitrogens with two attached hydrogens (primary N) is 1. The van der Waals surface area contributed by atoms with Crippen molar-refractivity contribution in [2.75, 3.05) is 13.7 Å². The van der Waals surface area contributed by atoms with E-state index in [2.05, 4.69) is 4.99 Å². The molecule has 1 aliphatic rings. The summed E-state index contributed by atoms with van der Waals surface area (Å²) in [6.45, 7) is 0.389. The van der Waals surface area contributed by atoms with Crippen LogP contribution in [0.2, 0.25) is 0 Å². The molecule has 0 spiro atoms. The van der Waals surface area contributed by atoms with Gasteiger partial charge < -0.3 is 10.5 Å². The number of nitriles is 5. The molecule has 216 valence electrons. The number of benzene rings is 3. The Hall–Kier alpha value is -6.68. The third kappa shape index (κ3) is 8.91. The summed E-state index contributed by atoms with van der Waals surface area (Å²) in [6, 6.07) is 24.6. The summed E-state index contributed by atoms with van der Waals surface area (Å²) in [5.74, 6) is -2.66. The summed E-state index contributed by atoms with van der Waals surface area (Å²) >= 11 is 0. The molecule has 3 aromatic carbocycles. The van der Waals surface area contributed by atoms with Crippen molar-refractivity contribution in [3.05, 3.63) is 118 Å². The molecule has 0 aliphatic carbocycles. The number of aliphatic imine (C=N–C) groups is 1. The number of amidine groups is 1. The molecular formula is C32H20F3N7O2. The number of rotatable bonds is 5. The Balaban J connectivity index is 0.000000230. The predicted molar refractivity (Wildman–Crippen MR) is 152 cm³/mol. The number of methoxy groups -OCH3 is 1. The highest BCUT2D eigenvalue weighted by Gasteiger charge is 2.19. The lowest BCUT2D eigenvalue weighted by Crippen LogP contribution is -2.10. The molecule has 0 unspecified atom stereocenters. The topological polar surface area (TPSA) is 184 Å². The minimum atomic E-state index is -1.32. The number of hydrogen-bond acceptors (Lipinski definition) is 9. The molecule has 0 amide bonds. The zero-order valence-corrected chi connectivity index (χ0v) is 22.9. The Morgan fingerprint density at radius 2 is 1.25 bits per heavy atom. The third-order valence-electron chi connectivity index (χ3n) is 5.68. The molecule has 12 heteroatoms. The number of allylic oxidation sites excluding steroid dienone is 1. The van der Waals surface area contributed by atoms with Crippen molar-refractivity contribution in [1.29, 1.82) is 26.3 Å². The number of carbonyl (C=O) groups excluding carboxylic acids is 1. The number of halogens is 3. The normalized spacial score (nSPS) is 11.0. The van der Waals surface area contributed by atoms with E-state index in [1.54, 1.807) is 36.4 Å². The van der Waals surface area contributed by atoms with Gasteiger partial charge in [0.1, 0.15) is 41.5 Å². The number of nitrogens with zero attached hydrogens (tertiary/aromatic N) is 6. The molecule has 0 aromatic heterocycles. The zero-order chi connectivity index (χ0) is 32.6. The standard InChI is InChI=1S/C11H8FN3.C11H7FN2O.C10H5FN2O/c12-8-3-1-7(2-4-8)10-6-15-11(14)9(10)5-13;1-15-11(9(6-13)7-14)8-2-4-10(12)5-3-8;11-9-3-1-7(2-4-9)10(14)8(5-12)6-13/h1-4H,6H2,(H2,14,15);2-5H,1H3;1-4,8H. The van der Waals surface area contributed by atoms with Crippen LogP contribution in [-0.2, 0) is 4.74 Å². The quantitative estimate of drug-likeness (QED) is 0.233. The second-order valence-electron chi connectivity index (χ2n) is 8.37. The molecule has 0 bridgehead atoms. The largest absolute Gasteiger partial charge is 0.494 e. The van der Waals surface area contributed by atoms with Crippen molar-refractivity contribution in [3.8, 4) is 30.3 Å². The van der Waals surface area contributed by atoms with Gasteiger partial charge in [-0.1, -0.05) is 12.1 Å². The lowest BCUT2D eigenvalue weighted by atomic mass is 10.0. The molecule has 2 N–H and O–H groups in total. The zero-order valence-electron chi connectivity index (χ0n) is 22.9. The van der Waals surface area contributed by atoms with Gasteiger partial charge in [-0.2, -0.15) is 26.3 Å². The van der Waals surface area contributed by atoms with E-state index < -0.39 is 17.5 Å². The lowest BCUT2D eigenvalue weighted by Gasteiger charge is -2.05. The first-order valence-corrected chi connectivity index (χ1v) is 12.3. The van der Waals surface area contributed by atoms with Crippen molar-refractivity contribution in [3.63, 3.8) is 0 Å². The van der Waals surface area contributed by atoms with Crippen LogP contribution in [0.3, 0.4) is 0 Å². The van der Waals surface area contributed by atoms with Crippen LogP contribution in [-0.4, -0.2) is 25.3 Å². The van der Waals surface area contributed by atoms with Crippen molar-refractivity contribution in [2.45, 2.75) is 0 Å². The molecule has 1 aliphatic heterocycles. The second kappa shape index (κ2) is 16.6. The maximum atomic E-state index is 12.7. The van der Waals surface area contributed by atoms with Gasteiger partial charge in [0.15, 0.2) is 23.0 Å². The third-order valence-corrected chi connectivity index (χ3v) is 5.68. The van der Waals surface area contributed by atoms with Crippen molar-refractivity contribution >= 4 is 23.0 Å². The number of hydrogen-bond donors (Lipinski definition) is 1. The number of Topliss-reactive ketones (excluding diaryl/α,β-unsaturated/α-hetero) is 1. The SMILES string of the molecule is COC(=C(C#N)C#N)c1ccc(F)cc1.N#CC(C#N)C(=O)c1ccc(F)cc1.N#CC1=C(c2ccc(F)cc2)CN=C1N. The van der Waals surface area contributed by atoms with Gasteiger partial charge in [-0.15, -0.1) is 0 Å². The van der Waals surface area contributed by atoms with Crippen LogP contribution in [0.25, 0.3) is 11.3 Å². The number of carbonyl (C=O) groups is 1. The fourth-order valence-electron chi connectivity index (χ4n) is 3.51. The minimum Gasteiger partial charge on any atom is -0.494 e. The Labute approximate surface area is 250 Å². The summed E-state index contributed by atoms with van der Waals surface area (Å²) in [5, 5.41) is 43.1. The van der Waals surface area contributed by atoms with Crippen LogP contribution in [0.1, 0.15) is 21.5 Å². The lowest BCUT2D eigenvalue weighted by molar-refractivity contribution is 0.0971. The molecule has 0 atom stereocenters. The molecule has 0 saturated heterocycles. The highest BCUT2D eigenvalue weighted by molar-refractivity contribution is 6.10. The van der Waals surface area contributed by atoms with Crippen LogP contribution in [0.5, 0.6) is 0 Å². The van der Waals surface area contributed by atoms with Crippen molar-refractivity contribution in [2.24, 2.45) is 16.6 Å². The minimum absolute atomic E-state index is 0.135. The van der Waals surface area contributed by atoms with Gasteiger partial charge >= 0.3 is 0 Å². The molecule has 0 saturated carbocycles. The molecular weight excluding hydrogens is 571 g/mol. The van der Waals surface area contributed by atoms with E-state index in [4.69, 9.17) is 36.8 Å². The van der Waals surface area contributed by atoms with E-state index >= 15 is 0 Å². The molecule has 44 heavy (non-hydrogen) atoms. The van der Waals surface area contributed by atoms with Gasteiger partial charge in [0.25, 0.3) is 0 Å². The predicted octanol–water partition coefficient (Wildman–Crippen LogP) is 5.38. The molecule has 4 rings (SSSR count). The smallest absolute Gasteiger partial charge is 0.195 e. The van der Waals surface area contributed by atoms with Gasteiger partial charge in [0.05, 0.1) is 31.4 Å².